The maximum atomic E-state index is 12.5. The van der Waals surface area contributed by atoms with Crippen LogP contribution in [0.2, 0.25) is 0 Å². The molecule has 0 aliphatic rings. The number of carbonyl (C=O) groups is 1. The van der Waals surface area contributed by atoms with Crippen LogP contribution in [0.5, 0.6) is 0 Å². The molecule has 124 valence electrons. The van der Waals surface area contributed by atoms with Crippen molar-refractivity contribution in [1.82, 2.24) is 0 Å². The minimum absolute atomic E-state index is 0.109. The largest absolute Gasteiger partial charge is 0.463 e. The van der Waals surface area contributed by atoms with Gasteiger partial charge in [-0.25, -0.2) is 9.86 Å². The molecule has 5 nitrogen and oxygen atoms in total. The normalized spacial score (nSPS) is 12.7. The number of benzene rings is 2. The summed E-state index contributed by atoms with van der Waals surface area (Å²) in [4.78, 5) is 12.5. The zero-order valence-electron chi connectivity index (χ0n) is 13.6. The van der Waals surface area contributed by atoms with Gasteiger partial charge in [-0.05, 0) is 31.0 Å². The van der Waals surface area contributed by atoms with E-state index in [1.54, 1.807) is 37.3 Å². The first kappa shape index (κ1) is 17.5. The summed E-state index contributed by atoms with van der Waals surface area (Å²) in [5.41, 5.74) is -0.462. The third-order valence-corrected chi connectivity index (χ3v) is 3.78. The first-order valence-corrected chi connectivity index (χ1v) is 7.80. The topological polar surface area (TPSA) is 73.6 Å². The molecular weight excluding hydrogens is 304 g/mol. The van der Waals surface area contributed by atoms with Crippen molar-refractivity contribution in [3.63, 3.8) is 0 Å². The Morgan fingerprint density at radius 2 is 1.75 bits per heavy atom. The van der Waals surface area contributed by atoms with Crippen molar-refractivity contribution in [3.8, 4) is 6.07 Å². The Hall–Kier alpha value is -2.84. The van der Waals surface area contributed by atoms with Gasteiger partial charge in [-0.1, -0.05) is 48.5 Å². The first-order chi connectivity index (χ1) is 11.6. The number of esters is 1. The quantitative estimate of drug-likeness (QED) is 0.624. The molecule has 5 heteroatoms. The van der Waals surface area contributed by atoms with Gasteiger partial charge >= 0.3 is 5.97 Å². The highest BCUT2D eigenvalue weighted by molar-refractivity contribution is 5.88. The van der Waals surface area contributed by atoms with Gasteiger partial charge in [0.25, 0.3) is 0 Å². The Kier molecular flexibility index (Phi) is 5.94. The number of ether oxygens (including phenoxy) is 1. The standard InChI is InChI=1S/C19H20N2O3/c1-2-24-18(22)19(15-20,14-13-16-9-5-3-6-10-16)21(23)17-11-7-4-8-12-17/h3-12,23H,2,13-14H2,1H3/t19-/m0/s1. The van der Waals surface area contributed by atoms with Crippen LogP contribution in [0, 0.1) is 11.3 Å². The maximum Gasteiger partial charge on any atom is 0.349 e. The lowest BCUT2D eigenvalue weighted by Crippen LogP contribution is -2.54. The second-order valence-corrected chi connectivity index (χ2v) is 5.33. The highest BCUT2D eigenvalue weighted by Crippen LogP contribution is 2.28. The summed E-state index contributed by atoms with van der Waals surface area (Å²) < 4.78 is 5.07. The van der Waals surface area contributed by atoms with Gasteiger partial charge in [0.2, 0.25) is 5.54 Å². The number of nitrogens with zero attached hydrogens (tertiary/aromatic N) is 2. The van der Waals surface area contributed by atoms with Crippen LogP contribution in [0.4, 0.5) is 5.69 Å². The van der Waals surface area contributed by atoms with E-state index in [0.29, 0.717) is 17.2 Å². The summed E-state index contributed by atoms with van der Waals surface area (Å²) in [5.74, 6) is -0.755. The fraction of sp³-hybridized carbons (Fsp3) is 0.263. The monoisotopic (exact) mass is 324 g/mol. The van der Waals surface area contributed by atoms with Crippen LogP contribution in [0.3, 0.4) is 0 Å². The van der Waals surface area contributed by atoms with Crippen LogP contribution >= 0.6 is 0 Å². The lowest BCUT2D eigenvalue weighted by Gasteiger charge is -2.33. The summed E-state index contributed by atoms with van der Waals surface area (Å²) in [6.45, 7) is 1.80. The lowest BCUT2D eigenvalue weighted by molar-refractivity contribution is -0.149. The van der Waals surface area contributed by atoms with Gasteiger partial charge in [0.1, 0.15) is 6.07 Å². The fourth-order valence-electron chi connectivity index (χ4n) is 2.45. The Bertz CT molecular complexity index is 698. The molecule has 0 radical (unpaired) electrons. The summed E-state index contributed by atoms with van der Waals surface area (Å²) >= 11 is 0. The predicted molar refractivity (Wildman–Crippen MR) is 90.4 cm³/mol. The molecule has 2 rings (SSSR count). The van der Waals surface area contributed by atoms with Crippen molar-refractivity contribution in [2.24, 2.45) is 0 Å². The van der Waals surface area contributed by atoms with Crippen molar-refractivity contribution in [1.29, 1.82) is 5.26 Å². The maximum absolute atomic E-state index is 12.5. The van der Waals surface area contributed by atoms with Crippen LogP contribution in [0.25, 0.3) is 0 Å². The molecule has 0 heterocycles. The van der Waals surface area contributed by atoms with Crippen molar-refractivity contribution in [2.75, 3.05) is 11.7 Å². The van der Waals surface area contributed by atoms with Gasteiger partial charge in [0, 0.05) is 6.42 Å². The van der Waals surface area contributed by atoms with Crippen molar-refractivity contribution in [3.05, 3.63) is 66.2 Å². The van der Waals surface area contributed by atoms with E-state index >= 15 is 0 Å². The fourth-order valence-corrected chi connectivity index (χ4v) is 2.45. The summed E-state index contributed by atoms with van der Waals surface area (Å²) in [6, 6.07) is 20.0. The third kappa shape index (κ3) is 3.73. The molecule has 1 N–H and O–H groups in total. The van der Waals surface area contributed by atoms with Gasteiger partial charge in [0.15, 0.2) is 0 Å². The Balaban J connectivity index is 2.33. The number of nitriles is 1. The highest BCUT2D eigenvalue weighted by Gasteiger charge is 2.46. The number of aryl methyl sites for hydroxylation is 1. The molecule has 0 saturated heterocycles. The number of rotatable bonds is 7. The van der Waals surface area contributed by atoms with E-state index in [1.807, 2.05) is 36.4 Å². The van der Waals surface area contributed by atoms with E-state index in [0.717, 1.165) is 5.56 Å². The SMILES string of the molecule is CCOC(=O)[C@@](C#N)(CCc1ccccc1)N(O)c1ccccc1. The minimum Gasteiger partial charge on any atom is -0.463 e. The molecule has 0 aromatic heterocycles. The van der Waals surface area contributed by atoms with Gasteiger partial charge < -0.3 is 4.74 Å². The summed E-state index contributed by atoms with van der Waals surface area (Å²) in [5, 5.41) is 21.1. The van der Waals surface area contributed by atoms with Crippen LogP contribution < -0.4 is 5.06 Å². The zero-order chi connectivity index (χ0) is 17.4. The predicted octanol–water partition coefficient (Wildman–Crippen LogP) is 3.34. The number of hydrogen-bond acceptors (Lipinski definition) is 5. The van der Waals surface area contributed by atoms with E-state index < -0.39 is 11.5 Å². The van der Waals surface area contributed by atoms with E-state index in [-0.39, 0.29) is 13.0 Å². The molecular formula is C19H20N2O3. The third-order valence-electron chi connectivity index (χ3n) is 3.78. The molecule has 0 aliphatic heterocycles. The second-order valence-electron chi connectivity index (χ2n) is 5.33. The Morgan fingerprint density at radius 1 is 1.17 bits per heavy atom. The van der Waals surface area contributed by atoms with Crippen molar-refractivity contribution >= 4 is 11.7 Å². The second kappa shape index (κ2) is 8.14. The molecule has 0 unspecified atom stereocenters. The number of carbonyl (C=O) groups excluding carboxylic acids is 1. The average Bonchev–Trinajstić information content (AvgIpc) is 2.64. The molecule has 0 amide bonds. The van der Waals surface area contributed by atoms with Crippen LogP contribution in [-0.2, 0) is 16.0 Å². The van der Waals surface area contributed by atoms with E-state index in [2.05, 4.69) is 0 Å². The van der Waals surface area contributed by atoms with Gasteiger partial charge in [-0.3, -0.25) is 5.21 Å². The molecule has 0 saturated carbocycles. The number of hydroxylamine groups is 1. The van der Waals surface area contributed by atoms with E-state index in [1.165, 1.54) is 0 Å². The van der Waals surface area contributed by atoms with E-state index in [9.17, 15) is 15.3 Å². The Labute approximate surface area is 141 Å². The molecule has 1 atom stereocenters. The van der Waals surface area contributed by atoms with Crippen LogP contribution in [0.15, 0.2) is 60.7 Å². The van der Waals surface area contributed by atoms with Crippen molar-refractivity contribution < 1.29 is 14.7 Å². The Morgan fingerprint density at radius 3 is 2.29 bits per heavy atom. The number of para-hydroxylation sites is 1. The first-order valence-electron chi connectivity index (χ1n) is 7.80. The molecule has 24 heavy (non-hydrogen) atoms. The molecule has 2 aromatic carbocycles. The molecule has 0 spiro atoms. The van der Waals surface area contributed by atoms with Gasteiger partial charge in [-0.2, -0.15) is 5.26 Å². The van der Waals surface area contributed by atoms with E-state index in [4.69, 9.17) is 4.74 Å². The summed E-state index contributed by atoms with van der Waals surface area (Å²) in [6.07, 6.45) is 0.564. The molecule has 2 aromatic rings. The van der Waals surface area contributed by atoms with Gasteiger partial charge in [-0.15, -0.1) is 0 Å². The molecule has 0 bridgehead atoms. The number of anilines is 1. The number of hydrogen-bond donors (Lipinski definition) is 1. The minimum atomic E-state index is -1.80. The van der Waals surface area contributed by atoms with Crippen LogP contribution in [-0.4, -0.2) is 23.3 Å². The summed E-state index contributed by atoms with van der Waals surface area (Å²) in [7, 11) is 0. The molecule has 0 aliphatic carbocycles. The average molecular weight is 324 g/mol. The van der Waals surface area contributed by atoms with Gasteiger partial charge in [0.05, 0.1) is 12.3 Å². The smallest absolute Gasteiger partial charge is 0.349 e. The van der Waals surface area contributed by atoms with Crippen LogP contribution in [0.1, 0.15) is 18.9 Å². The molecule has 0 fully saturated rings. The lowest BCUT2D eigenvalue weighted by atomic mass is 9.91. The van der Waals surface area contributed by atoms with Crippen molar-refractivity contribution in [2.45, 2.75) is 25.3 Å². The zero-order valence-corrected chi connectivity index (χ0v) is 13.6. The highest BCUT2D eigenvalue weighted by atomic mass is 16.6.